The lowest BCUT2D eigenvalue weighted by molar-refractivity contribution is -0.138. The molecule has 2 heterocycles. The van der Waals surface area contributed by atoms with Crippen LogP contribution < -0.4 is 4.90 Å². The van der Waals surface area contributed by atoms with Gasteiger partial charge in [-0.15, -0.1) is 0 Å². The summed E-state index contributed by atoms with van der Waals surface area (Å²) in [5, 5.41) is 0.726. The van der Waals surface area contributed by atoms with Crippen molar-refractivity contribution in [2.24, 2.45) is 0 Å². The van der Waals surface area contributed by atoms with Crippen molar-refractivity contribution < 1.29 is 13.2 Å². The number of anilines is 1. The van der Waals surface area contributed by atoms with Crippen LogP contribution in [0.15, 0.2) is 24.3 Å². The van der Waals surface area contributed by atoms with Gasteiger partial charge in [-0.25, -0.2) is 8.42 Å². The molecule has 6 nitrogen and oxygen atoms in total. The SMILES string of the molecule is CCN(C(=O)[C@@H](C)N1CCN(c2cccc(Cl)c2)CC1)[C@H]1CCS(=O)(=O)C1. The normalized spacial score (nSPS) is 24.0. The largest absolute Gasteiger partial charge is 0.369 e. The van der Waals surface area contributed by atoms with Gasteiger partial charge in [-0.1, -0.05) is 17.7 Å². The number of rotatable bonds is 5. The van der Waals surface area contributed by atoms with Crippen LogP contribution in [0.1, 0.15) is 20.3 Å². The Morgan fingerprint density at radius 2 is 2.00 bits per heavy atom. The maximum atomic E-state index is 13.0. The van der Waals surface area contributed by atoms with Crippen LogP contribution in [0.4, 0.5) is 5.69 Å². The molecular weight excluding hydrogens is 386 g/mol. The standard InChI is InChI=1S/C19H28ClN3O3S/c1-3-23(18-7-12-27(25,26)14-18)19(24)15(2)21-8-10-22(11-9-21)17-6-4-5-16(20)13-17/h4-6,13,15,18H,3,7-12,14H2,1-2H3/t15-,18+/m1/s1. The zero-order valence-electron chi connectivity index (χ0n) is 16.0. The van der Waals surface area contributed by atoms with E-state index in [4.69, 9.17) is 11.6 Å². The molecule has 0 radical (unpaired) electrons. The molecule has 0 aliphatic carbocycles. The van der Waals surface area contributed by atoms with Crippen LogP contribution in [0.2, 0.25) is 5.02 Å². The van der Waals surface area contributed by atoms with Crippen LogP contribution in [0.5, 0.6) is 0 Å². The van der Waals surface area contributed by atoms with Gasteiger partial charge in [0.1, 0.15) is 0 Å². The molecule has 0 N–H and O–H groups in total. The number of likely N-dealkylation sites (N-methyl/N-ethyl adjacent to an activating group) is 1. The molecule has 0 unspecified atom stereocenters. The second-order valence-electron chi connectivity index (χ2n) is 7.36. The first-order chi connectivity index (χ1) is 12.8. The van der Waals surface area contributed by atoms with E-state index >= 15 is 0 Å². The topological polar surface area (TPSA) is 60.9 Å². The lowest BCUT2D eigenvalue weighted by Crippen LogP contribution is -2.56. The fraction of sp³-hybridized carbons (Fsp3) is 0.632. The maximum absolute atomic E-state index is 13.0. The van der Waals surface area contributed by atoms with Gasteiger partial charge in [0.15, 0.2) is 9.84 Å². The van der Waals surface area contributed by atoms with Crippen LogP contribution in [-0.2, 0) is 14.6 Å². The van der Waals surface area contributed by atoms with E-state index in [0.717, 1.165) is 36.9 Å². The van der Waals surface area contributed by atoms with E-state index in [1.54, 1.807) is 4.90 Å². The highest BCUT2D eigenvalue weighted by atomic mass is 35.5. The summed E-state index contributed by atoms with van der Waals surface area (Å²) in [5.41, 5.74) is 1.10. The Bertz CT molecular complexity index is 778. The molecule has 27 heavy (non-hydrogen) atoms. The number of benzene rings is 1. The van der Waals surface area contributed by atoms with Gasteiger partial charge in [0.05, 0.1) is 17.5 Å². The van der Waals surface area contributed by atoms with Crippen molar-refractivity contribution in [2.75, 3.05) is 49.1 Å². The number of hydrogen-bond acceptors (Lipinski definition) is 5. The Labute approximate surface area is 167 Å². The molecule has 2 atom stereocenters. The van der Waals surface area contributed by atoms with Gasteiger partial charge in [0.2, 0.25) is 5.91 Å². The van der Waals surface area contributed by atoms with Crippen LogP contribution in [0.25, 0.3) is 0 Å². The molecule has 1 aromatic rings. The summed E-state index contributed by atoms with van der Waals surface area (Å²) in [4.78, 5) is 19.3. The van der Waals surface area contributed by atoms with Crippen molar-refractivity contribution >= 4 is 33.0 Å². The molecule has 1 amide bonds. The van der Waals surface area contributed by atoms with Gasteiger partial charge >= 0.3 is 0 Å². The summed E-state index contributed by atoms with van der Waals surface area (Å²) in [6, 6.07) is 7.41. The van der Waals surface area contributed by atoms with Crippen LogP contribution in [0.3, 0.4) is 0 Å². The van der Waals surface area contributed by atoms with E-state index in [9.17, 15) is 13.2 Å². The van der Waals surface area contributed by atoms with Gasteiger partial charge in [0.25, 0.3) is 0 Å². The molecule has 8 heteroatoms. The first-order valence-electron chi connectivity index (χ1n) is 9.56. The number of halogens is 1. The first kappa shape index (κ1) is 20.4. The number of hydrogen-bond donors (Lipinski definition) is 0. The summed E-state index contributed by atoms with van der Waals surface area (Å²) in [5.74, 6) is 0.325. The quantitative estimate of drug-likeness (QED) is 0.737. The predicted molar refractivity (Wildman–Crippen MR) is 109 cm³/mol. The van der Waals surface area contributed by atoms with Crippen LogP contribution in [-0.4, -0.2) is 80.4 Å². The molecule has 2 saturated heterocycles. The second kappa shape index (κ2) is 8.37. The lowest BCUT2D eigenvalue weighted by atomic mass is 10.1. The molecule has 0 aromatic heterocycles. The van der Waals surface area contributed by atoms with Gasteiger partial charge in [-0.3, -0.25) is 9.69 Å². The van der Waals surface area contributed by atoms with Crippen molar-refractivity contribution in [3.63, 3.8) is 0 Å². The van der Waals surface area contributed by atoms with Crippen molar-refractivity contribution in [3.05, 3.63) is 29.3 Å². The molecule has 0 saturated carbocycles. The molecule has 0 spiro atoms. The predicted octanol–water partition coefficient (Wildman–Crippen LogP) is 1.89. The van der Waals surface area contributed by atoms with E-state index in [1.807, 2.05) is 32.0 Å². The van der Waals surface area contributed by atoms with Crippen molar-refractivity contribution in [2.45, 2.75) is 32.4 Å². The minimum Gasteiger partial charge on any atom is -0.369 e. The summed E-state index contributed by atoms with van der Waals surface area (Å²) in [6.07, 6.45) is 0.553. The van der Waals surface area contributed by atoms with Crippen LogP contribution >= 0.6 is 11.6 Å². The van der Waals surface area contributed by atoms with E-state index in [1.165, 1.54) is 0 Å². The maximum Gasteiger partial charge on any atom is 0.239 e. The Morgan fingerprint density at radius 1 is 1.30 bits per heavy atom. The monoisotopic (exact) mass is 413 g/mol. The average molecular weight is 414 g/mol. The zero-order chi connectivity index (χ0) is 19.6. The molecule has 0 bridgehead atoms. The zero-order valence-corrected chi connectivity index (χ0v) is 17.5. The minimum absolute atomic E-state index is 0.0378. The molecule has 150 valence electrons. The number of piperazine rings is 1. The van der Waals surface area contributed by atoms with E-state index in [-0.39, 0.29) is 29.5 Å². The molecule has 1 aromatic carbocycles. The molecule has 2 aliphatic heterocycles. The number of sulfone groups is 1. The number of carbonyl (C=O) groups excluding carboxylic acids is 1. The Balaban J connectivity index is 1.59. The minimum atomic E-state index is -3.00. The Morgan fingerprint density at radius 3 is 2.56 bits per heavy atom. The molecule has 3 rings (SSSR count). The number of nitrogens with zero attached hydrogens (tertiary/aromatic N) is 3. The van der Waals surface area contributed by atoms with Crippen LogP contribution in [0, 0.1) is 0 Å². The summed E-state index contributed by atoms with van der Waals surface area (Å²) in [6.45, 7) is 7.66. The van der Waals surface area contributed by atoms with E-state index in [2.05, 4.69) is 15.9 Å². The third kappa shape index (κ3) is 4.76. The van der Waals surface area contributed by atoms with E-state index in [0.29, 0.717) is 13.0 Å². The Hall–Kier alpha value is -1.31. The average Bonchev–Trinajstić information content (AvgIpc) is 3.01. The van der Waals surface area contributed by atoms with Gasteiger partial charge < -0.3 is 9.80 Å². The highest BCUT2D eigenvalue weighted by Crippen LogP contribution is 2.23. The Kier molecular flexibility index (Phi) is 6.33. The number of carbonyl (C=O) groups is 1. The molecule has 2 fully saturated rings. The highest BCUT2D eigenvalue weighted by Gasteiger charge is 2.37. The summed E-state index contributed by atoms with van der Waals surface area (Å²) < 4.78 is 23.6. The van der Waals surface area contributed by atoms with Crippen molar-refractivity contribution in [1.82, 2.24) is 9.80 Å². The van der Waals surface area contributed by atoms with Gasteiger partial charge in [-0.05, 0) is 38.5 Å². The number of amides is 1. The highest BCUT2D eigenvalue weighted by molar-refractivity contribution is 7.91. The third-order valence-electron chi connectivity index (χ3n) is 5.67. The van der Waals surface area contributed by atoms with Crippen molar-refractivity contribution in [3.8, 4) is 0 Å². The van der Waals surface area contributed by atoms with Gasteiger partial charge in [-0.2, -0.15) is 0 Å². The first-order valence-corrected chi connectivity index (χ1v) is 11.8. The smallest absolute Gasteiger partial charge is 0.239 e. The molecular formula is C19H28ClN3O3S. The summed E-state index contributed by atoms with van der Waals surface area (Å²) >= 11 is 6.09. The second-order valence-corrected chi connectivity index (χ2v) is 10.0. The summed E-state index contributed by atoms with van der Waals surface area (Å²) in [7, 11) is -3.00. The van der Waals surface area contributed by atoms with E-state index < -0.39 is 9.84 Å². The van der Waals surface area contributed by atoms with Gasteiger partial charge in [0, 0.05) is 49.5 Å². The fourth-order valence-corrected chi connectivity index (χ4v) is 5.97. The molecule has 2 aliphatic rings. The van der Waals surface area contributed by atoms with Crippen molar-refractivity contribution in [1.29, 1.82) is 0 Å². The lowest BCUT2D eigenvalue weighted by Gasteiger charge is -2.40. The third-order valence-corrected chi connectivity index (χ3v) is 7.65. The fourth-order valence-electron chi connectivity index (χ4n) is 4.05.